The molecular formula is C11H14ClNO. The molecule has 0 saturated heterocycles. The highest BCUT2D eigenvalue weighted by atomic mass is 35.5. The lowest BCUT2D eigenvalue weighted by molar-refractivity contribution is 0.204. The first-order valence-electron chi connectivity index (χ1n) is 4.83. The van der Waals surface area contributed by atoms with Crippen molar-refractivity contribution < 1.29 is 4.74 Å². The van der Waals surface area contributed by atoms with Crippen LogP contribution in [0.25, 0.3) is 0 Å². The molecule has 1 aromatic carbocycles. The first kappa shape index (κ1) is 9.81. The van der Waals surface area contributed by atoms with Crippen LogP contribution in [0.5, 0.6) is 5.75 Å². The summed E-state index contributed by atoms with van der Waals surface area (Å²) in [5.74, 6) is 1.35. The minimum Gasteiger partial charge on any atom is -0.493 e. The van der Waals surface area contributed by atoms with Crippen LogP contribution < -0.4 is 10.5 Å². The van der Waals surface area contributed by atoms with Crippen molar-refractivity contribution in [2.75, 3.05) is 6.61 Å². The van der Waals surface area contributed by atoms with Crippen LogP contribution in [0, 0.1) is 5.92 Å². The molecule has 0 amide bonds. The summed E-state index contributed by atoms with van der Waals surface area (Å²) in [6, 6.07) is 5.91. The molecule has 14 heavy (non-hydrogen) atoms. The maximum absolute atomic E-state index is 5.92. The molecule has 0 bridgehead atoms. The van der Waals surface area contributed by atoms with Crippen molar-refractivity contribution >= 4 is 11.6 Å². The van der Waals surface area contributed by atoms with Crippen molar-refractivity contribution in [2.45, 2.75) is 19.4 Å². The molecular weight excluding hydrogens is 198 g/mol. The Bertz CT molecular complexity index is 338. The molecule has 2 atom stereocenters. The summed E-state index contributed by atoms with van der Waals surface area (Å²) in [6.45, 7) is 2.73. The van der Waals surface area contributed by atoms with Crippen molar-refractivity contribution in [2.24, 2.45) is 11.7 Å². The molecule has 1 aliphatic rings. The third-order valence-corrected chi connectivity index (χ3v) is 2.94. The number of ether oxygens (including phenoxy) is 1. The van der Waals surface area contributed by atoms with Crippen molar-refractivity contribution in [3.05, 3.63) is 28.8 Å². The lowest BCUT2D eigenvalue weighted by atomic mass is 9.92. The highest BCUT2D eigenvalue weighted by Gasteiger charge is 2.22. The lowest BCUT2D eigenvalue weighted by Crippen LogP contribution is -2.35. The van der Waals surface area contributed by atoms with Crippen molar-refractivity contribution in [3.8, 4) is 5.75 Å². The van der Waals surface area contributed by atoms with E-state index < -0.39 is 0 Å². The molecule has 1 unspecified atom stereocenters. The molecule has 2 N–H and O–H groups in total. The molecule has 1 aromatic rings. The van der Waals surface area contributed by atoms with E-state index in [2.05, 4.69) is 0 Å². The molecule has 0 aromatic heterocycles. The van der Waals surface area contributed by atoms with Crippen LogP contribution in [0.1, 0.15) is 12.5 Å². The second-order valence-corrected chi connectivity index (χ2v) is 4.32. The number of fused-ring (bicyclic) bond motifs is 1. The highest BCUT2D eigenvalue weighted by Crippen LogP contribution is 2.30. The molecule has 0 fully saturated rings. The van der Waals surface area contributed by atoms with Gasteiger partial charge in [-0.05, 0) is 37.1 Å². The fourth-order valence-corrected chi connectivity index (χ4v) is 1.92. The Morgan fingerprint density at radius 1 is 1.57 bits per heavy atom. The number of hydrogen-bond donors (Lipinski definition) is 1. The average Bonchev–Trinajstić information content (AvgIpc) is 2.16. The van der Waals surface area contributed by atoms with Gasteiger partial charge in [-0.1, -0.05) is 11.6 Å². The predicted molar refractivity (Wildman–Crippen MR) is 57.8 cm³/mol. The van der Waals surface area contributed by atoms with Crippen LogP contribution in [0.2, 0.25) is 5.02 Å². The summed E-state index contributed by atoms with van der Waals surface area (Å²) in [4.78, 5) is 0. The van der Waals surface area contributed by atoms with Gasteiger partial charge in [-0.15, -0.1) is 0 Å². The van der Waals surface area contributed by atoms with Gasteiger partial charge in [0.25, 0.3) is 0 Å². The van der Waals surface area contributed by atoms with Gasteiger partial charge in [0, 0.05) is 17.0 Å². The second kappa shape index (κ2) is 3.79. The van der Waals surface area contributed by atoms with Crippen molar-refractivity contribution in [1.82, 2.24) is 0 Å². The van der Waals surface area contributed by atoms with Gasteiger partial charge in [0.2, 0.25) is 0 Å². The number of nitrogens with two attached hydrogens (primary N) is 1. The molecule has 2 rings (SSSR count). The smallest absolute Gasteiger partial charge is 0.122 e. The van der Waals surface area contributed by atoms with E-state index >= 15 is 0 Å². The summed E-state index contributed by atoms with van der Waals surface area (Å²) in [5.41, 5.74) is 7.02. The number of hydrogen-bond acceptors (Lipinski definition) is 2. The molecule has 2 nitrogen and oxygen atoms in total. The topological polar surface area (TPSA) is 35.2 Å². The summed E-state index contributed by atoms with van der Waals surface area (Å²) >= 11 is 5.92. The van der Waals surface area contributed by atoms with Gasteiger partial charge in [-0.25, -0.2) is 0 Å². The Morgan fingerprint density at radius 2 is 2.36 bits per heavy atom. The van der Waals surface area contributed by atoms with Crippen molar-refractivity contribution in [1.29, 1.82) is 0 Å². The number of rotatable bonds is 1. The minimum absolute atomic E-state index is 0.169. The van der Waals surface area contributed by atoms with E-state index in [-0.39, 0.29) is 6.04 Å². The Hall–Kier alpha value is -0.730. The van der Waals surface area contributed by atoms with Crippen molar-refractivity contribution in [3.63, 3.8) is 0 Å². The molecule has 76 valence electrons. The Labute approximate surface area is 89.0 Å². The third-order valence-electron chi connectivity index (χ3n) is 2.70. The molecule has 1 heterocycles. The third kappa shape index (κ3) is 1.86. The Balaban J connectivity index is 2.24. The summed E-state index contributed by atoms with van der Waals surface area (Å²) < 4.78 is 5.61. The first-order chi connectivity index (χ1) is 6.66. The zero-order chi connectivity index (χ0) is 10.1. The maximum Gasteiger partial charge on any atom is 0.122 e. The summed E-state index contributed by atoms with van der Waals surface area (Å²) in [5, 5.41) is 0.762. The summed E-state index contributed by atoms with van der Waals surface area (Å²) in [7, 11) is 0. The fraction of sp³-hybridized carbons (Fsp3) is 0.455. The molecule has 1 aliphatic heterocycles. The molecule has 0 spiro atoms. The number of benzene rings is 1. The van der Waals surface area contributed by atoms with Crippen LogP contribution in [-0.2, 0) is 6.42 Å². The van der Waals surface area contributed by atoms with Crippen LogP contribution in [0.15, 0.2) is 18.2 Å². The summed E-state index contributed by atoms with van der Waals surface area (Å²) in [6.07, 6.45) is 0.966. The lowest BCUT2D eigenvalue weighted by Gasteiger charge is -2.27. The number of halogens is 1. The van der Waals surface area contributed by atoms with Crippen LogP contribution in [0.4, 0.5) is 0 Å². The highest BCUT2D eigenvalue weighted by molar-refractivity contribution is 6.30. The quantitative estimate of drug-likeness (QED) is 0.773. The largest absolute Gasteiger partial charge is 0.493 e. The maximum atomic E-state index is 5.92. The van der Waals surface area contributed by atoms with Crippen LogP contribution >= 0.6 is 11.6 Å². The molecule has 0 aliphatic carbocycles. The van der Waals surface area contributed by atoms with Gasteiger partial charge in [-0.3, -0.25) is 0 Å². The molecule has 3 heteroatoms. The SMILES string of the molecule is C[C@@H](N)C1COc2ccc(Cl)cc2C1. The van der Waals surface area contributed by atoms with E-state index in [1.807, 2.05) is 25.1 Å². The minimum atomic E-state index is 0.169. The molecule has 0 saturated carbocycles. The predicted octanol–water partition coefficient (Wildman–Crippen LogP) is 2.24. The van der Waals surface area contributed by atoms with Gasteiger partial charge in [0.05, 0.1) is 6.61 Å². The van der Waals surface area contributed by atoms with Gasteiger partial charge in [0.15, 0.2) is 0 Å². The van der Waals surface area contributed by atoms with Gasteiger partial charge < -0.3 is 10.5 Å². The van der Waals surface area contributed by atoms with Crippen LogP contribution in [-0.4, -0.2) is 12.6 Å². The van der Waals surface area contributed by atoms with Gasteiger partial charge >= 0.3 is 0 Å². The van der Waals surface area contributed by atoms with Crippen LogP contribution in [0.3, 0.4) is 0 Å². The Kier molecular flexibility index (Phi) is 2.66. The second-order valence-electron chi connectivity index (χ2n) is 3.89. The normalized spacial score (nSPS) is 22.4. The van der Waals surface area contributed by atoms with E-state index in [9.17, 15) is 0 Å². The van der Waals surface area contributed by atoms with E-state index in [1.54, 1.807) is 0 Å². The zero-order valence-corrected chi connectivity index (χ0v) is 8.92. The van der Waals surface area contributed by atoms with Gasteiger partial charge in [0.1, 0.15) is 5.75 Å². The monoisotopic (exact) mass is 211 g/mol. The Morgan fingerprint density at radius 3 is 3.07 bits per heavy atom. The molecule has 0 radical (unpaired) electrons. The first-order valence-corrected chi connectivity index (χ1v) is 5.21. The average molecular weight is 212 g/mol. The van der Waals surface area contributed by atoms with E-state index in [4.69, 9.17) is 22.1 Å². The van der Waals surface area contributed by atoms with Gasteiger partial charge in [-0.2, -0.15) is 0 Å². The standard InChI is InChI=1S/C11H14ClNO/c1-7(13)9-4-8-5-10(12)2-3-11(8)14-6-9/h2-3,5,7,9H,4,6,13H2,1H3/t7-,9?/m1/s1. The van der Waals surface area contributed by atoms with E-state index in [0.29, 0.717) is 12.5 Å². The fourth-order valence-electron chi connectivity index (χ4n) is 1.72. The zero-order valence-electron chi connectivity index (χ0n) is 8.16. The van der Waals surface area contributed by atoms with E-state index in [0.717, 1.165) is 17.2 Å². The van der Waals surface area contributed by atoms with E-state index in [1.165, 1.54) is 5.56 Å².